The van der Waals surface area contributed by atoms with E-state index < -0.39 is 0 Å². The van der Waals surface area contributed by atoms with Crippen LogP contribution in [0.3, 0.4) is 0 Å². The first-order chi connectivity index (χ1) is 5.07. The Morgan fingerprint density at radius 3 is 2.27 bits per heavy atom. The minimum atomic E-state index is 0.637. The van der Waals surface area contributed by atoms with Crippen LogP contribution in [0, 0.1) is 17.3 Å². The first-order valence-electron chi connectivity index (χ1n) is 5.07. The molecule has 1 fully saturated rings. The lowest BCUT2D eigenvalue weighted by Gasteiger charge is -2.43. The molecule has 0 aromatic rings. The van der Waals surface area contributed by atoms with Crippen molar-refractivity contribution in [3.05, 3.63) is 0 Å². The van der Waals surface area contributed by atoms with Gasteiger partial charge in [-0.3, -0.25) is 0 Å². The molecule has 0 heterocycles. The normalized spacial score (nSPS) is 39.5. The van der Waals surface area contributed by atoms with Gasteiger partial charge in [-0.15, -0.1) is 0 Å². The largest absolute Gasteiger partial charge is 0.0622 e. The molecule has 0 bridgehead atoms. The van der Waals surface area contributed by atoms with Crippen molar-refractivity contribution in [2.75, 3.05) is 0 Å². The predicted octanol–water partition coefficient (Wildman–Crippen LogP) is 3.86. The maximum atomic E-state index is 2.47. The van der Waals surface area contributed by atoms with Crippen LogP contribution in [-0.2, 0) is 0 Å². The fourth-order valence-electron chi connectivity index (χ4n) is 2.39. The highest BCUT2D eigenvalue weighted by molar-refractivity contribution is 4.86. The lowest BCUT2D eigenvalue weighted by molar-refractivity contribution is 0.0726. The Bertz CT molecular complexity index is 126. The molecule has 0 aromatic carbocycles. The third-order valence-corrected chi connectivity index (χ3v) is 4.05. The van der Waals surface area contributed by atoms with Gasteiger partial charge in [0.25, 0.3) is 0 Å². The summed E-state index contributed by atoms with van der Waals surface area (Å²) < 4.78 is 0. The smallest absolute Gasteiger partial charge is 0.0277 e. The van der Waals surface area contributed by atoms with Crippen molar-refractivity contribution in [1.29, 1.82) is 0 Å². The summed E-state index contributed by atoms with van der Waals surface area (Å²) in [6, 6.07) is 0. The van der Waals surface area contributed by atoms with Crippen LogP contribution in [0.2, 0.25) is 0 Å². The Kier molecular flexibility index (Phi) is 2.61. The molecule has 0 heteroatoms. The van der Waals surface area contributed by atoms with Gasteiger partial charge in [0.1, 0.15) is 0 Å². The van der Waals surface area contributed by atoms with E-state index in [4.69, 9.17) is 0 Å². The van der Waals surface area contributed by atoms with Gasteiger partial charge in [0.05, 0.1) is 0 Å². The summed E-state index contributed by atoms with van der Waals surface area (Å²) in [5, 5.41) is 0. The van der Waals surface area contributed by atoms with E-state index in [0.717, 1.165) is 11.8 Å². The van der Waals surface area contributed by atoms with E-state index in [9.17, 15) is 0 Å². The second-order valence-corrected chi connectivity index (χ2v) is 4.81. The van der Waals surface area contributed by atoms with Gasteiger partial charge in [0.15, 0.2) is 0 Å². The topological polar surface area (TPSA) is 0 Å². The molecule has 2 atom stereocenters. The summed E-state index contributed by atoms with van der Waals surface area (Å²) in [5.41, 5.74) is 0.637. The second-order valence-electron chi connectivity index (χ2n) is 4.81. The highest BCUT2D eigenvalue weighted by Gasteiger charge is 2.35. The first kappa shape index (κ1) is 9.09. The quantitative estimate of drug-likeness (QED) is 0.538. The molecular weight excluding hydrogens is 132 g/mol. The fraction of sp³-hybridized carbons (Fsp3) is 1.00. The molecule has 66 valence electrons. The van der Waals surface area contributed by atoms with E-state index in [1.54, 1.807) is 0 Å². The Labute approximate surface area is 71.4 Å². The zero-order chi connectivity index (χ0) is 8.48. The van der Waals surface area contributed by atoms with E-state index in [-0.39, 0.29) is 0 Å². The summed E-state index contributed by atoms with van der Waals surface area (Å²) >= 11 is 0. The van der Waals surface area contributed by atoms with Gasteiger partial charge in [-0.05, 0) is 23.7 Å². The van der Waals surface area contributed by atoms with Gasteiger partial charge in [-0.25, -0.2) is 0 Å². The second kappa shape index (κ2) is 3.16. The molecule has 11 heavy (non-hydrogen) atoms. The van der Waals surface area contributed by atoms with Crippen LogP contribution >= 0.6 is 0 Å². The maximum Gasteiger partial charge on any atom is -0.0277 e. The van der Waals surface area contributed by atoms with Crippen molar-refractivity contribution in [2.45, 2.75) is 53.4 Å². The molecule has 0 saturated heterocycles. The maximum absolute atomic E-state index is 2.47. The average Bonchev–Trinajstić information content (AvgIpc) is 1.95. The Hall–Kier alpha value is 0. The van der Waals surface area contributed by atoms with Crippen LogP contribution in [0.4, 0.5) is 0 Å². The van der Waals surface area contributed by atoms with E-state index in [1.165, 1.54) is 25.7 Å². The molecule has 0 aliphatic heterocycles. The van der Waals surface area contributed by atoms with Gasteiger partial charge in [0, 0.05) is 0 Å². The van der Waals surface area contributed by atoms with Gasteiger partial charge >= 0.3 is 0 Å². The van der Waals surface area contributed by atoms with Crippen LogP contribution in [0.15, 0.2) is 0 Å². The number of hydrogen-bond acceptors (Lipinski definition) is 0. The molecule has 0 N–H and O–H groups in total. The van der Waals surface area contributed by atoms with E-state index in [0.29, 0.717) is 5.41 Å². The van der Waals surface area contributed by atoms with Crippen molar-refractivity contribution in [1.82, 2.24) is 0 Å². The molecule has 1 saturated carbocycles. The van der Waals surface area contributed by atoms with Crippen LogP contribution in [-0.4, -0.2) is 0 Å². The third-order valence-electron chi connectivity index (χ3n) is 4.05. The van der Waals surface area contributed by atoms with Crippen molar-refractivity contribution >= 4 is 0 Å². The molecule has 1 aliphatic rings. The molecule has 0 nitrogen and oxygen atoms in total. The van der Waals surface area contributed by atoms with E-state index in [2.05, 4.69) is 27.7 Å². The first-order valence-corrected chi connectivity index (χ1v) is 5.07. The standard InChI is InChI=1S/C11H22/c1-9(2)11(4)8-6-5-7-10(11)3/h9-10H,5-8H2,1-4H3/t10?,11-/m1/s1. The fourth-order valence-corrected chi connectivity index (χ4v) is 2.39. The van der Waals surface area contributed by atoms with Gasteiger partial charge in [-0.2, -0.15) is 0 Å². The highest BCUT2D eigenvalue weighted by Crippen LogP contribution is 2.45. The van der Waals surface area contributed by atoms with Gasteiger partial charge < -0.3 is 0 Å². The predicted molar refractivity (Wildman–Crippen MR) is 50.6 cm³/mol. The minimum Gasteiger partial charge on any atom is -0.0622 e. The van der Waals surface area contributed by atoms with Crippen LogP contribution in [0.5, 0.6) is 0 Å². The Morgan fingerprint density at radius 1 is 1.27 bits per heavy atom. The monoisotopic (exact) mass is 154 g/mol. The molecular formula is C11H22. The van der Waals surface area contributed by atoms with Crippen LogP contribution < -0.4 is 0 Å². The third kappa shape index (κ3) is 1.60. The number of hydrogen-bond donors (Lipinski definition) is 0. The molecule has 0 amide bonds. The Balaban J connectivity index is 2.64. The minimum absolute atomic E-state index is 0.637. The van der Waals surface area contributed by atoms with Gasteiger partial charge in [-0.1, -0.05) is 47.0 Å². The van der Waals surface area contributed by atoms with Crippen LogP contribution in [0.25, 0.3) is 0 Å². The lowest BCUT2D eigenvalue weighted by Crippen LogP contribution is -2.33. The number of rotatable bonds is 1. The molecule has 1 rings (SSSR count). The molecule has 0 spiro atoms. The van der Waals surface area contributed by atoms with Crippen molar-refractivity contribution in [2.24, 2.45) is 17.3 Å². The highest BCUT2D eigenvalue weighted by atomic mass is 14.4. The molecule has 1 unspecified atom stereocenters. The van der Waals surface area contributed by atoms with Crippen molar-refractivity contribution in [3.63, 3.8) is 0 Å². The summed E-state index contributed by atoms with van der Waals surface area (Å²) in [5.74, 6) is 1.80. The van der Waals surface area contributed by atoms with Gasteiger partial charge in [0.2, 0.25) is 0 Å². The molecule has 0 aromatic heterocycles. The zero-order valence-electron chi connectivity index (χ0n) is 8.48. The Morgan fingerprint density at radius 2 is 1.91 bits per heavy atom. The van der Waals surface area contributed by atoms with Crippen molar-refractivity contribution in [3.8, 4) is 0 Å². The average molecular weight is 154 g/mol. The summed E-state index contributed by atoms with van der Waals surface area (Å²) in [6.45, 7) is 9.66. The van der Waals surface area contributed by atoms with E-state index >= 15 is 0 Å². The van der Waals surface area contributed by atoms with E-state index in [1.807, 2.05) is 0 Å². The summed E-state index contributed by atoms with van der Waals surface area (Å²) in [7, 11) is 0. The van der Waals surface area contributed by atoms with Crippen molar-refractivity contribution < 1.29 is 0 Å². The molecule has 0 radical (unpaired) electrons. The SMILES string of the molecule is CC(C)[C@@]1(C)CCCCC1C. The van der Waals surface area contributed by atoms with Crippen LogP contribution in [0.1, 0.15) is 53.4 Å². The lowest BCUT2D eigenvalue weighted by atomic mass is 9.62. The molecule has 1 aliphatic carbocycles. The zero-order valence-corrected chi connectivity index (χ0v) is 8.48. The summed E-state index contributed by atoms with van der Waals surface area (Å²) in [4.78, 5) is 0. The summed E-state index contributed by atoms with van der Waals surface area (Å²) in [6.07, 6.45) is 5.82.